The zero-order valence-corrected chi connectivity index (χ0v) is 41.4. The molecule has 2 aliphatic heterocycles. The number of carboxylic acids is 1. The van der Waals surface area contributed by atoms with Crippen molar-refractivity contribution in [2.75, 3.05) is 13.2 Å². The highest BCUT2D eigenvalue weighted by Crippen LogP contribution is 2.39. The van der Waals surface area contributed by atoms with Gasteiger partial charge in [-0.05, 0) is 74.6 Å². The Morgan fingerprint density at radius 1 is 0.919 bits per heavy atom. The summed E-state index contributed by atoms with van der Waals surface area (Å²) < 4.78 is 39.1. The number of esters is 1. The largest absolute Gasteiger partial charge is 0.479 e. The summed E-state index contributed by atoms with van der Waals surface area (Å²) in [6, 6.07) is 12.6. The average Bonchev–Trinajstić information content (AvgIpc) is 4.03. The van der Waals surface area contributed by atoms with Crippen LogP contribution in [0.2, 0.25) is 0 Å². The fourth-order valence-electron chi connectivity index (χ4n) is 10.7. The van der Waals surface area contributed by atoms with E-state index in [2.05, 4.69) is 20.6 Å². The number of fused-ring (bicyclic) bond motifs is 1. The fraction of sp³-hybridized carbons (Fsp3) is 0.627. The van der Waals surface area contributed by atoms with Crippen LogP contribution in [-0.4, -0.2) is 166 Å². The van der Waals surface area contributed by atoms with Crippen LogP contribution in [0.4, 0.5) is 5.69 Å². The van der Waals surface area contributed by atoms with E-state index < -0.39 is 115 Å². The summed E-state index contributed by atoms with van der Waals surface area (Å²) in [7, 11) is 0. The van der Waals surface area contributed by atoms with Crippen LogP contribution in [0.15, 0.2) is 60.9 Å². The molecule has 0 bridgehead atoms. The SMILES string of the molecule is C[C@@H]1O[C@@H](O[C@@H]2[C@@H](C)C[C@@H](C(=O)NCCc3cn(CCCc4c[nH]c5ccc([N+](=O)[O-])cc45)nn3)C[C@H]2O[C@@H]2O[C@H](CO)[C@H](O)[C@H](O[C@@H](CC3CCCCC3)C(=O)O)[C@H]2OC(=O)c2ccccc2)[C@@H](O)[C@H](O)[C@@H]1O. The van der Waals surface area contributed by atoms with E-state index in [0.29, 0.717) is 31.5 Å². The molecule has 2 aliphatic carbocycles. The number of carbonyl (C=O) groups excluding carboxylic acids is 2. The Morgan fingerprint density at radius 2 is 1.69 bits per heavy atom. The number of benzene rings is 2. The number of aromatic nitrogens is 4. The number of aliphatic hydroxyl groups excluding tert-OH is 5. The molecule has 2 saturated carbocycles. The predicted molar refractivity (Wildman–Crippen MR) is 259 cm³/mol. The second-order valence-corrected chi connectivity index (χ2v) is 20.1. The minimum absolute atomic E-state index is 0.0155. The topological polar surface area (TPSA) is 330 Å². The lowest BCUT2D eigenvalue weighted by atomic mass is 9.77. The Labute approximate surface area is 426 Å². The summed E-state index contributed by atoms with van der Waals surface area (Å²) in [6.45, 7) is 3.22. The molecule has 0 spiro atoms. The standard InChI is InChI=1S/C51H68N6O17/c1-27-20-32(47(63)52-18-17-33-25-56(55-54-33)19-9-14-31-24-53-36-16-15-34(57(67)68)23-35(31)36)22-37(44(27)74-50-43(62)42(61)40(59)28(2)69-50)71-51-46(73-49(66)30-12-7-4-8-13-30)45(41(60)39(26-58)72-51)70-38(48(64)65)21-29-10-5-3-6-11-29/h4,7-8,12-13,15-16,23-25,27-29,32,37-46,50-51,53,58-62H,3,5-6,9-11,14,17-22,26H2,1-2H3,(H,52,63)(H,64,65)/t27-,28-,32+,37+,38-,39+,40+,41-,42+,43-,44+,45-,46+,50-,51+/m0/s1. The van der Waals surface area contributed by atoms with Crippen LogP contribution >= 0.6 is 0 Å². The molecule has 23 nitrogen and oxygen atoms in total. The molecule has 4 fully saturated rings. The summed E-state index contributed by atoms with van der Waals surface area (Å²) in [6.07, 6.45) is -8.83. The number of aryl methyl sites for hydroxylation is 2. The summed E-state index contributed by atoms with van der Waals surface area (Å²) in [5, 5.41) is 88.6. The van der Waals surface area contributed by atoms with E-state index in [1.54, 1.807) is 48.1 Å². The maximum Gasteiger partial charge on any atom is 0.338 e. The first-order valence-electron chi connectivity index (χ1n) is 25.6. The van der Waals surface area contributed by atoms with Crippen molar-refractivity contribution in [1.29, 1.82) is 0 Å². The van der Waals surface area contributed by atoms with E-state index in [4.69, 9.17) is 28.4 Å². The Balaban J connectivity index is 0.984. The van der Waals surface area contributed by atoms with Crippen LogP contribution in [0.25, 0.3) is 10.9 Å². The van der Waals surface area contributed by atoms with Crippen molar-refractivity contribution in [3.05, 3.63) is 87.9 Å². The molecule has 8 rings (SSSR count). The third-order valence-corrected chi connectivity index (χ3v) is 14.9. The van der Waals surface area contributed by atoms with Crippen molar-refractivity contribution in [2.24, 2.45) is 17.8 Å². The Hall–Kier alpha value is -5.47. The number of amides is 1. The molecule has 8 N–H and O–H groups in total. The summed E-state index contributed by atoms with van der Waals surface area (Å²) in [4.78, 5) is 54.9. The molecule has 15 atom stereocenters. The summed E-state index contributed by atoms with van der Waals surface area (Å²) in [5.41, 5.74) is 2.51. The Morgan fingerprint density at radius 3 is 2.42 bits per heavy atom. The number of aliphatic carboxylic acids is 1. The lowest BCUT2D eigenvalue weighted by Gasteiger charge is -2.48. The molecule has 4 aromatic rings. The first kappa shape index (κ1) is 54.8. The van der Waals surface area contributed by atoms with E-state index in [1.807, 2.05) is 6.20 Å². The molecule has 4 aliphatic rings. The zero-order valence-electron chi connectivity index (χ0n) is 41.4. The number of nitrogens with one attached hydrogen (secondary N) is 2. The van der Waals surface area contributed by atoms with Crippen molar-refractivity contribution >= 4 is 34.4 Å². The van der Waals surface area contributed by atoms with Crippen LogP contribution in [0.3, 0.4) is 0 Å². The van der Waals surface area contributed by atoms with Crippen molar-refractivity contribution in [3.8, 4) is 0 Å². The van der Waals surface area contributed by atoms with E-state index in [9.17, 15) is 55.1 Å². The highest BCUT2D eigenvalue weighted by atomic mass is 16.7. The maximum atomic E-state index is 14.1. The Bertz CT molecular complexity index is 2510. The van der Waals surface area contributed by atoms with Gasteiger partial charge in [0.2, 0.25) is 5.91 Å². The maximum absolute atomic E-state index is 14.1. The number of aromatic amines is 1. The zero-order chi connectivity index (χ0) is 52.6. The van der Waals surface area contributed by atoms with Crippen LogP contribution in [0, 0.1) is 27.9 Å². The van der Waals surface area contributed by atoms with Gasteiger partial charge in [-0.2, -0.15) is 0 Å². The minimum Gasteiger partial charge on any atom is -0.479 e. The minimum atomic E-state index is -1.71. The molecule has 4 heterocycles. The van der Waals surface area contributed by atoms with E-state index in [1.165, 1.54) is 25.1 Å². The smallest absolute Gasteiger partial charge is 0.338 e. The lowest BCUT2D eigenvalue weighted by Crippen LogP contribution is -2.64. The van der Waals surface area contributed by atoms with Crippen LogP contribution in [-0.2, 0) is 57.4 Å². The van der Waals surface area contributed by atoms with Crippen molar-refractivity contribution in [3.63, 3.8) is 0 Å². The fourth-order valence-corrected chi connectivity index (χ4v) is 10.7. The molecule has 2 aromatic heterocycles. The van der Waals surface area contributed by atoms with Crippen molar-refractivity contribution < 1.29 is 78.4 Å². The number of hydrogen-bond donors (Lipinski definition) is 8. The third-order valence-electron chi connectivity index (χ3n) is 14.9. The van der Waals surface area contributed by atoms with Gasteiger partial charge in [0, 0.05) is 60.9 Å². The average molecular weight is 1040 g/mol. The Kier molecular flexibility index (Phi) is 18.4. The number of carbonyl (C=O) groups is 3. The van der Waals surface area contributed by atoms with Gasteiger partial charge in [-0.3, -0.25) is 19.6 Å². The van der Waals surface area contributed by atoms with Gasteiger partial charge in [0.1, 0.15) is 36.6 Å². The van der Waals surface area contributed by atoms with Crippen LogP contribution in [0.1, 0.15) is 93.3 Å². The molecule has 0 radical (unpaired) electrons. The van der Waals surface area contributed by atoms with Gasteiger partial charge < -0.3 is 69.4 Å². The number of non-ortho nitro benzene ring substituents is 1. The van der Waals surface area contributed by atoms with Gasteiger partial charge in [0.05, 0.1) is 41.1 Å². The first-order chi connectivity index (χ1) is 35.6. The van der Waals surface area contributed by atoms with Crippen molar-refractivity contribution in [2.45, 2.75) is 171 Å². The number of nitro benzene ring substituents is 1. The van der Waals surface area contributed by atoms with E-state index in [0.717, 1.165) is 48.6 Å². The number of carboxylic acid groups (broad SMARTS) is 1. The van der Waals surface area contributed by atoms with E-state index in [-0.39, 0.29) is 48.9 Å². The second kappa shape index (κ2) is 24.9. The number of H-pyrrole nitrogens is 1. The second-order valence-electron chi connectivity index (χ2n) is 20.1. The number of hydrogen-bond acceptors (Lipinski definition) is 18. The summed E-state index contributed by atoms with van der Waals surface area (Å²) in [5.74, 6) is -3.76. The molecule has 74 heavy (non-hydrogen) atoms. The molecule has 2 saturated heterocycles. The molecule has 23 heteroatoms. The van der Waals surface area contributed by atoms with Gasteiger partial charge in [-0.25, -0.2) is 9.59 Å². The molecular weight excluding hydrogens is 969 g/mol. The van der Waals surface area contributed by atoms with E-state index >= 15 is 0 Å². The monoisotopic (exact) mass is 1040 g/mol. The third kappa shape index (κ3) is 13.1. The van der Waals surface area contributed by atoms with Crippen molar-refractivity contribution in [1.82, 2.24) is 25.3 Å². The molecular formula is C51H68N6O17. The van der Waals surface area contributed by atoms with Gasteiger partial charge in [0.15, 0.2) is 24.8 Å². The van der Waals surface area contributed by atoms with Gasteiger partial charge >= 0.3 is 11.9 Å². The first-order valence-corrected chi connectivity index (χ1v) is 25.6. The number of rotatable bonds is 21. The normalized spacial score (nSPS) is 31.2. The van der Waals surface area contributed by atoms with Gasteiger partial charge in [-0.15, -0.1) is 5.10 Å². The van der Waals surface area contributed by atoms with Gasteiger partial charge in [0.25, 0.3) is 5.69 Å². The summed E-state index contributed by atoms with van der Waals surface area (Å²) >= 11 is 0. The number of nitrogens with zero attached hydrogens (tertiary/aromatic N) is 4. The molecule has 2 aromatic carbocycles. The van der Waals surface area contributed by atoms with Crippen LogP contribution in [0.5, 0.6) is 0 Å². The number of ether oxygens (including phenoxy) is 6. The van der Waals surface area contributed by atoms with Gasteiger partial charge in [-0.1, -0.05) is 62.4 Å². The molecule has 0 unspecified atom stereocenters. The molecule has 404 valence electrons. The number of aliphatic hydroxyl groups is 5. The lowest BCUT2D eigenvalue weighted by molar-refractivity contribution is -0.384. The highest BCUT2D eigenvalue weighted by molar-refractivity contribution is 5.89. The number of nitro groups is 1. The predicted octanol–water partition coefficient (Wildman–Crippen LogP) is 2.72. The van der Waals surface area contributed by atoms with Crippen LogP contribution < -0.4 is 5.32 Å². The highest BCUT2D eigenvalue weighted by Gasteiger charge is 2.54. The quantitative estimate of drug-likeness (QED) is 0.0338. The molecule has 1 amide bonds.